The van der Waals surface area contributed by atoms with E-state index < -0.39 is 36.0 Å². The van der Waals surface area contributed by atoms with Crippen molar-refractivity contribution in [2.75, 3.05) is 0 Å². The van der Waals surface area contributed by atoms with E-state index >= 15 is 0 Å². The van der Waals surface area contributed by atoms with Gasteiger partial charge in [0.15, 0.2) is 5.76 Å². The minimum Gasteiger partial charge on any atom is -0.481 e. The number of ether oxygens (including phenoxy) is 1. The number of thiophene rings is 1. The molecule has 0 fully saturated rings. The molecule has 2 amide bonds. The number of fused-ring (bicyclic) bond motifs is 3. The number of nitrogens with zero attached hydrogens (tertiary/aromatic N) is 2. The number of hydrogen-bond acceptors (Lipinski definition) is 7. The van der Waals surface area contributed by atoms with Crippen LogP contribution in [0.3, 0.4) is 0 Å². The summed E-state index contributed by atoms with van der Waals surface area (Å²) in [7, 11) is 0. The molecular weight excluding hydrogens is 384 g/mol. The van der Waals surface area contributed by atoms with Gasteiger partial charge in [0.25, 0.3) is 5.91 Å². The largest absolute Gasteiger partial charge is 0.481 e. The number of carboxylic acid groups (broad SMARTS) is 1. The quantitative estimate of drug-likeness (QED) is 0.794. The van der Waals surface area contributed by atoms with E-state index in [1.165, 1.54) is 11.3 Å². The van der Waals surface area contributed by atoms with Gasteiger partial charge >= 0.3 is 12.1 Å². The van der Waals surface area contributed by atoms with Crippen LogP contribution < -0.4 is 0 Å². The first-order chi connectivity index (χ1) is 12.9. The highest BCUT2D eigenvalue weighted by molar-refractivity contribution is 7.16. The minimum atomic E-state index is -1.18. The number of hydrogen-bond donors (Lipinski definition) is 1. The summed E-state index contributed by atoms with van der Waals surface area (Å²) in [5, 5.41) is 13.4. The van der Waals surface area contributed by atoms with Crippen LogP contribution in [0.5, 0.6) is 0 Å². The van der Waals surface area contributed by atoms with Crippen LogP contribution in [0.4, 0.5) is 4.79 Å². The van der Waals surface area contributed by atoms with Crippen molar-refractivity contribution in [1.29, 1.82) is 0 Å². The zero-order valence-corrected chi connectivity index (χ0v) is 17.4. The van der Waals surface area contributed by atoms with Gasteiger partial charge in [-0.3, -0.25) is 9.59 Å². The van der Waals surface area contributed by atoms with Gasteiger partial charge in [0, 0.05) is 4.88 Å². The summed E-state index contributed by atoms with van der Waals surface area (Å²) >= 11 is 1.40. The lowest BCUT2D eigenvalue weighted by atomic mass is 10.0. The Morgan fingerprint density at radius 1 is 1.25 bits per heavy atom. The van der Waals surface area contributed by atoms with Crippen molar-refractivity contribution in [2.45, 2.75) is 59.6 Å². The third-order valence-electron chi connectivity index (χ3n) is 4.51. The van der Waals surface area contributed by atoms with E-state index in [1.807, 2.05) is 6.92 Å². The molecule has 9 heteroatoms. The van der Waals surface area contributed by atoms with Gasteiger partial charge in [0.1, 0.15) is 11.6 Å². The molecule has 8 nitrogen and oxygen atoms in total. The Kier molecular flexibility index (Phi) is 4.82. The average molecular weight is 406 g/mol. The molecule has 0 saturated carbocycles. The Morgan fingerprint density at radius 2 is 1.89 bits per heavy atom. The van der Waals surface area contributed by atoms with Crippen molar-refractivity contribution < 1.29 is 28.8 Å². The summed E-state index contributed by atoms with van der Waals surface area (Å²) in [6.45, 7) is 10.4. The Balaban J connectivity index is 2.28. The van der Waals surface area contributed by atoms with Crippen LogP contribution in [0.1, 0.15) is 65.5 Å². The third kappa shape index (κ3) is 3.30. The SMILES string of the molecule is Cc1noc2c1-c1sc(C)c(C)c1C(=O)N(C(=O)OC(C)(C)C)[C@H]2CC(=O)O. The molecule has 150 valence electrons. The van der Waals surface area contributed by atoms with E-state index in [1.54, 1.807) is 34.6 Å². The highest BCUT2D eigenvalue weighted by Crippen LogP contribution is 2.47. The molecule has 1 atom stereocenters. The number of imide groups is 1. The summed E-state index contributed by atoms with van der Waals surface area (Å²) in [5.41, 5.74) is 1.34. The number of carbonyl (C=O) groups excluding carboxylic acids is 2. The maximum Gasteiger partial charge on any atom is 0.418 e. The molecule has 0 radical (unpaired) electrons. The first kappa shape index (κ1) is 20.1. The van der Waals surface area contributed by atoms with Crippen LogP contribution >= 0.6 is 11.3 Å². The fraction of sp³-hybridized carbons (Fsp3) is 0.474. The smallest absolute Gasteiger partial charge is 0.418 e. The molecular formula is C19H22N2O6S. The molecule has 0 unspecified atom stereocenters. The van der Waals surface area contributed by atoms with Gasteiger partial charge in [-0.05, 0) is 47.1 Å². The summed E-state index contributed by atoms with van der Waals surface area (Å²) < 4.78 is 10.8. The molecule has 1 aliphatic rings. The fourth-order valence-electron chi connectivity index (χ4n) is 3.20. The molecule has 1 aliphatic heterocycles. The molecule has 0 saturated heterocycles. The van der Waals surface area contributed by atoms with E-state index in [4.69, 9.17) is 9.26 Å². The van der Waals surface area contributed by atoms with E-state index in [2.05, 4.69) is 5.16 Å². The molecule has 3 rings (SSSR count). The van der Waals surface area contributed by atoms with Crippen molar-refractivity contribution in [3.8, 4) is 10.4 Å². The third-order valence-corrected chi connectivity index (χ3v) is 5.73. The summed E-state index contributed by atoms with van der Waals surface area (Å²) in [6, 6.07) is -1.16. The van der Waals surface area contributed by atoms with Gasteiger partial charge in [-0.1, -0.05) is 5.16 Å². The standard InChI is InChI=1S/C19H22N2O6S/c1-8-10(3)28-16-13(8)17(24)21(18(25)26-19(4,5)6)11(7-12(22)23)15-14(16)9(2)20-27-15/h11H,7H2,1-6H3,(H,22,23)/t11-/m0/s1. The second-order valence-electron chi connectivity index (χ2n) is 7.76. The van der Waals surface area contributed by atoms with Crippen LogP contribution in [0.15, 0.2) is 4.52 Å². The van der Waals surface area contributed by atoms with E-state index in [-0.39, 0.29) is 5.76 Å². The normalized spacial score (nSPS) is 16.4. The lowest BCUT2D eigenvalue weighted by Crippen LogP contribution is -2.43. The van der Waals surface area contributed by atoms with Crippen LogP contribution in [0.25, 0.3) is 10.4 Å². The predicted molar refractivity (Wildman–Crippen MR) is 101 cm³/mol. The lowest BCUT2D eigenvalue weighted by Gasteiger charge is -2.29. The second-order valence-corrected chi connectivity index (χ2v) is 8.99. The fourth-order valence-corrected chi connectivity index (χ4v) is 4.46. The molecule has 0 bridgehead atoms. The Labute approximate surface area is 166 Å². The maximum atomic E-state index is 13.4. The number of aliphatic carboxylic acids is 1. The van der Waals surface area contributed by atoms with Crippen molar-refractivity contribution in [3.63, 3.8) is 0 Å². The number of rotatable bonds is 2. The minimum absolute atomic E-state index is 0.180. The van der Waals surface area contributed by atoms with Gasteiger partial charge in [-0.15, -0.1) is 11.3 Å². The van der Waals surface area contributed by atoms with E-state index in [9.17, 15) is 19.5 Å². The first-order valence-corrected chi connectivity index (χ1v) is 9.59. The second kappa shape index (κ2) is 6.73. The zero-order valence-electron chi connectivity index (χ0n) is 16.6. The first-order valence-electron chi connectivity index (χ1n) is 8.77. The number of amides is 2. The van der Waals surface area contributed by atoms with Crippen LogP contribution in [0, 0.1) is 20.8 Å². The van der Waals surface area contributed by atoms with Gasteiger partial charge in [0.05, 0.1) is 28.1 Å². The van der Waals surface area contributed by atoms with Crippen LogP contribution in [-0.2, 0) is 9.53 Å². The van der Waals surface area contributed by atoms with Gasteiger partial charge in [-0.25, -0.2) is 9.69 Å². The van der Waals surface area contributed by atoms with Crippen molar-refractivity contribution in [1.82, 2.24) is 10.1 Å². The average Bonchev–Trinajstić information content (AvgIpc) is 3.01. The lowest BCUT2D eigenvalue weighted by molar-refractivity contribution is -0.138. The number of aryl methyl sites for hydroxylation is 2. The van der Waals surface area contributed by atoms with Crippen LogP contribution in [-0.4, -0.2) is 38.7 Å². The topological polar surface area (TPSA) is 110 Å². The van der Waals surface area contributed by atoms with Crippen molar-refractivity contribution >= 4 is 29.3 Å². The zero-order chi connectivity index (χ0) is 21.0. The molecule has 0 spiro atoms. The Hall–Kier alpha value is -2.68. The summed E-state index contributed by atoms with van der Waals surface area (Å²) in [4.78, 5) is 40.3. The highest BCUT2D eigenvalue weighted by atomic mass is 32.1. The summed E-state index contributed by atoms with van der Waals surface area (Å²) in [6.07, 6.45) is -1.43. The maximum absolute atomic E-state index is 13.4. The molecule has 2 aromatic rings. The van der Waals surface area contributed by atoms with Crippen LogP contribution in [0.2, 0.25) is 0 Å². The molecule has 3 heterocycles. The van der Waals surface area contributed by atoms with E-state index in [0.717, 1.165) is 15.3 Å². The number of carboxylic acids is 1. The Bertz CT molecular complexity index is 981. The molecule has 28 heavy (non-hydrogen) atoms. The molecule has 0 aromatic carbocycles. The highest BCUT2D eigenvalue weighted by Gasteiger charge is 2.45. The molecule has 1 N–H and O–H groups in total. The summed E-state index contributed by atoms with van der Waals surface area (Å²) in [5.74, 6) is -1.59. The van der Waals surface area contributed by atoms with Crippen molar-refractivity contribution in [2.24, 2.45) is 0 Å². The van der Waals surface area contributed by atoms with Crippen molar-refractivity contribution in [3.05, 3.63) is 27.5 Å². The molecule has 0 aliphatic carbocycles. The van der Waals surface area contributed by atoms with E-state index in [0.29, 0.717) is 21.7 Å². The Morgan fingerprint density at radius 3 is 2.46 bits per heavy atom. The van der Waals surface area contributed by atoms with Gasteiger partial charge < -0.3 is 14.4 Å². The monoisotopic (exact) mass is 406 g/mol. The number of aromatic nitrogens is 1. The molecule has 2 aromatic heterocycles. The predicted octanol–water partition coefficient (Wildman–Crippen LogP) is 4.24. The van der Waals surface area contributed by atoms with Gasteiger partial charge in [0.2, 0.25) is 0 Å². The number of carbonyl (C=O) groups is 3. The van der Waals surface area contributed by atoms with Gasteiger partial charge in [-0.2, -0.15) is 0 Å².